The SMILES string of the molecule is CC1([C@@H](OS(C)(=O)=O)[C@H]2CCCN(c3ccccc3)C2=O)OCCO1. The van der Waals surface area contributed by atoms with E-state index in [2.05, 4.69) is 0 Å². The molecule has 0 unspecified atom stereocenters. The number of para-hydroxylation sites is 1. The maximum atomic E-state index is 13.1. The van der Waals surface area contributed by atoms with E-state index >= 15 is 0 Å². The predicted molar refractivity (Wildman–Crippen MR) is 91.5 cm³/mol. The van der Waals surface area contributed by atoms with E-state index in [4.69, 9.17) is 13.7 Å². The van der Waals surface area contributed by atoms with Crippen LogP contribution in [0.25, 0.3) is 0 Å². The molecule has 138 valence electrons. The minimum atomic E-state index is -3.78. The van der Waals surface area contributed by atoms with Crippen LogP contribution >= 0.6 is 0 Å². The molecule has 0 aromatic heterocycles. The molecule has 0 bridgehead atoms. The second kappa shape index (κ2) is 7.03. The van der Waals surface area contributed by atoms with Gasteiger partial charge in [0.1, 0.15) is 6.10 Å². The second-order valence-corrected chi connectivity index (χ2v) is 8.11. The molecule has 0 spiro atoms. The van der Waals surface area contributed by atoms with Crippen molar-refractivity contribution in [3.63, 3.8) is 0 Å². The smallest absolute Gasteiger partial charge is 0.264 e. The Labute approximate surface area is 148 Å². The first-order chi connectivity index (χ1) is 11.8. The monoisotopic (exact) mass is 369 g/mol. The van der Waals surface area contributed by atoms with E-state index in [0.717, 1.165) is 18.4 Å². The molecular weight excluding hydrogens is 346 g/mol. The van der Waals surface area contributed by atoms with Gasteiger partial charge in [-0.05, 0) is 31.9 Å². The molecule has 1 aromatic carbocycles. The van der Waals surface area contributed by atoms with Crippen molar-refractivity contribution >= 4 is 21.7 Å². The number of hydrogen-bond acceptors (Lipinski definition) is 6. The first kappa shape index (κ1) is 18.3. The van der Waals surface area contributed by atoms with Crippen molar-refractivity contribution in [3.05, 3.63) is 30.3 Å². The van der Waals surface area contributed by atoms with Gasteiger partial charge in [-0.1, -0.05) is 18.2 Å². The number of anilines is 1. The number of nitrogens with zero attached hydrogens (tertiary/aromatic N) is 1. The van der Waals surface area contributed by atoms with Crippen LogP contribution in [0.4, 0.5) is 5.69 Å². The van der Waals surface area contributed by atoms with Gasteiger partial charge in [0.05, 0.1) is 25.4 Å². The van der Waals surface area contributed by atoms with Gasteiger partial charge in [0.25, 0.3) is 10.1 Å². The quantitative estimate of drug-likeness (QED) is 0.732. The van der Waals surface area contributed by atoms with Gasteiger partial charge in [0.15, 0.2) is 5.79 Å². The van der Waals surface area contributed by atoms with Crippen LogP contribution in [0.3, 0.4) is 0 Å². The van der Waals surface area contributed by atoms with Crippen LogP contribution in [0.1, 0.15) is 19.8 Å². The van der Waals surface area contributed by atoms with Crippen molar-refractivity contribution in [1.29, 1.82) is 0 Å². The molecule has 2 atom stereocenters. The first-order valence-electron chi connectivity index (χ1n) is 8.33. The summed E-state index contributed by atoms with van der Waals surface area (Å²) in [6.45, 7) is 2.89. The standard InChI is InChI=1S/C17H23NO6S/c1-17(22-11-12-23-17)15(24-25(2,20)21)14-9-6-10-18(16(14)19)13-7-4-3-5-8-13/h3-5,7-8,14-15H,6,9-12H2,1-2H3/t14-,15+/m1/s1. The lowest BCUT2D eigenvalue weighted by molar-refractivity contribution is -0.212. The Morgan fingerprint density at radius 3 is 2.48 bits per heavy atom. The van der Waals surface area contributed by atoms with Gasteiger partial charge in [0, 0.05) is 12.2 Å². The molecule has 25 heavy (non-hydrogen) atoms. The summed E-state index contributed by atoms with van der Waals surface area (Å²) in [5.74, 6) is -2.10. The number of carbonyl (C=O) groups is 1. The van der Waals surface area contributed by atoms with Crippen molar-refractivity contribution in [2.24, 2.45) is 5.92 Å². The number of carbonyl (C=O) groups excluding carboxylic acids is 1. The van der Waals surface area contributed by atoms with Gasteiger partial charge in [-0.25, -0.2) is 0 Å². The van der Waals surface area contributed by atoms with Crippen LogP contribution in [0.5, 0.6) is 0 Å². The summed E-state index contributed by atoms with van der Waals surface area (Å²) in [4.78, 5) is 14.8. The number of hydrogen-bond donors (Lipinski definition) is 0. The number of rotatable bonds is 5. The summed E-state index contributed by atoms with van der Waals surface area (Å²) >= 11 is 0. The number of ether oxygens (including phenoxy) is 2. The van der Waals surface area contributed by atoms with Gasteiger partial charge < -0.3 is 14.4 Å². The van der Waals surface area contributed by atoms with Crippen molar-refractivity contribution in [3.8, 4) is 0 Å². The lowest BCUT2D eigenvalue weighted by Gasteiger charge is -2.40. The minimum absolute atomic E-state index is 0.175. The normalized spacial score (nSPS) is 25.1. The molecule has 1 amide bonds. The molecule has 2 aliphatic rings. The van der Waals surface area contributed by atoms with Gasteiger partial charge in [0.2, 0.25) is 5.91 Å². The molecule has 8 heteroatoms. The van der Waals surface area contributed by atoms with E-state index in [1.807, 2.05) is 30.3 Å². The van der Waals surface area contributed by atoms with Gasteiger partial charge in [-0.2, -0.15) is 8.42 Å². The third-order valence-corrected chi connectivity index (χ3v) is 5.13. The van der Waals surface area contributed by atoms with Crippen LogP contribution in [-0.2, 0) is 28.6 Å². The number of piperidine rings is 1. The summed E-state index contributed by atoms with van der Waals surface area (Å²) in [7, 11) is -3.78. The molecule has 0 saturated carbocycles. The molecule has 0 radical (unpaired) electrons. The van der Waals surface area contributed by atoms with E-state index in [1.165, 1.54) is 0 Å². The summed E-state index contributed by atoms with van der Waals surface area (Å²) in [5.41, 5.74) is 0.786. The highest BCUT2D eigenvalue weighted by Crippen LogP contribution is 2.36. The largest absolute Gasteiger partial charge is 0.345 e. The van der Waals surface area contributed by atoms with Crippen LogP contribution < -0.4 is 4.90 Å². The highest BCUT2D eigenvalue weighted by atomic mass is 32.2. The fourth-order valence-corrected chi connectivity index (χ4v) is 4.14. The third-order valence-electron chi connectivity index (χ3n) is 4.57. The van der Waals surface area contributed by atoms with Crippen LogP contribution in [0.15, 0.2) is 30.3 Å². The van der Waals surface area contributed by atoms with E-state index in [-0.39, 0.29) is 5.91 Å². The molecule has 2 saturated heterocycles. The maximum Gasteiger partial charge on any atom is 0.264 e. The van der Waals surface area contributed by atoms with Gasteiger partial charge in [-0.15, -0.1) is 0 Å². The Morgan fingerprint density at radius 2 is 1.88 bits per heavy atom. The van der Waals surface area contributed by atoms with E-state index in [9.17, 15) is 13.2 Å². The summed E-state index contributed by atoms with van der Waals surface area (Å²) in [5, 5.41) is 0. The van der Waals surface area contributed by atoms with Gasteiger partial charge in [-0.3, -0.25) is 8.98 Å². The van der Waals surface area contributed by atoms with Crippen molar-refractivity contribution < 1.29 is 26.9 Å². The summed E-state index contributed by atoms with van der Waals surface area (Å²) in [6.07, 6.45) is 1.21. The molecule has 7 nitrogen and oxygen atoms in total. The molecular formula is C17H23NO6S. The van der Waals surface area contributed by atoms with E-state index in [1.54, 1.807) is 11.8 Å². The molecule has 2 aliphatic heterocycles. The summed E-state index contributed by atoms with van der Waals surface area (Å²) < 4.78 is 40.1. The topological polar surface area (TPSA) is 82.1 Å². The molecule has 3 rings (SSSR count). The predicted octanol–water partition coefficient (Wildman–Crippen LogP) is 1.54. The Bertz CT molecular complexity index is 714. The molecule has 1 aromatic rings. The highest BCUT2D eigenvalue weighted by Gasteiger charge is 2.51. The molecule has 2 fully saturated rings. The zero-order valence-corrected chi connectivity index (χ0v) is 15.2. The molecule has 2 heterocycles. The van der Waals surface area contributed by atoms with Gasteiger partial charge >= 0.3 is 0 Å². The fourth-order valence-electron chi connectivity index (χ4n) is 3.45. The molecule has 0 aliphatic carbocycles. The fraction of sp³-hybridized carbons (Fsp3) is 0.588. The van der Waals surface area contributed by atoms with Crippen molar-refractivity contribution in [2.45, 2.75) is 31.7 Å². The number of benzene rings is 1. The zero-order valence-electron chi connectivity index (χ0n) is 14.4. The summed E-state index contributed by atoms with van der Waals surface area (Å²) in [6, 6.07) is 9.32. The molecule has 0 N–H and O–H groups in total. The van der Waals surface area contributed by atoms with Crippen molar-refractivity contribution in [1.82, 2.24) is 0 Å². The Balaban J connectivity index is 1.90. The lowest BCUT2D eigenvalue weighted by atomic mass is 9.87. The third kappa shape index (κ3) is 4.03. The lowest BCUT2D eigenvalue weighted by Crippen LogP contribution is -2.55. The van der Waals surface area contributed by atoms with Crippen LogP contribution in [0, 0.1) is 5.92 Å². The first-order valence-corrected chi connectivity index (χ1v) is 10.1. The van der Waals surface area contributed by atoms with Crippen LogP contribution in [-0.4, -0.2) is 52.2 Å². The Hall–Kier alpha value is -1.48. The minimum Gasteiger partial charge on any atom is -0.345 e. The zero-order chi connectivity index (χ0) is 18.1. The average Bonchev–Trinajstić information content (AvgIpc) is 3.01. The van der Waals surface area contributed by atoms with E-state index < -0.39 is 27.9 Å². The highest BCUT2D eigenvalue weighted by molar-refractivity contribution is 7.86. The van der Waals surface area contributed by atoms with E-state index in [0.29, 0.717) is 26.2 Å². The van der Waals surface area contributed by atoms with Crippen LogP contribution in [0.2, 0.25) is 0 Å². The average molecular weight is 369 g/mol. The second-order valence-electron chi connectivity index (χ2n) is 6.51. The number of amides is 1. The Kier molecular flexibility index (Phi) is 5.15. The van der Waals surface area contributed by atoms with Crippen molar-refractivity contribution in [2.75, 3.05) is 30.9 Å². The Morgan fingerprint density at radius 1 is 1.24 bits per heavy atom. The maximum absolute atomic E-state index is 13.1.